The second kappa shape index (κ2) is 4.13. The van der Waals surface area contributed by atoms with E-state index in [1.807, 2.05) is 31.9 Å². The Hall–Kier alpha value is -1.56. The Morgan fingerprint density at radius 1 is 1.56 bits per heavy atom. The predicted molar refractivity (Wildman–Crippen MR) is 65.7 cm³/mol. The summed E-state index contributed by atoms with van der Waals surface area (Å²) in [6.45, 7) is 4.85. The summed E-state index contributed by atoms with van der Waals surface area (Å²) in [7, 11) is 1.92. The van der Waals surface area contributed by atoms with Crippen LogP contribution in [-0.4, -0.2) is 23.7 Å². The van der Waals surface area contributed by atoms with Crippen LogP contribution in [-0.2, 0) is 0 Å². The largest absolute Gasteiger partial charge is 0.391 e. The molecule has 2 N–H and O–H groups in total. The number of rotatable bonds is 3. The standard InChI is InChI=1S/C10H14N4OS/c1-4-14(3)10-12-9(15-13-10)8-6(2)5-7(11)16-8/h5H,4,11H2,1-3H3. The summed E-state index contributed by atoms with van der Waals surface area (Å²) in [5.74, 6) is 1.14. The summed E-state index contributed by atoms with van der Waals surface area (Å²) < 4.78 is 5.22. The van der Waals surface area contributed by atoms with E-state index in [9.17, 15) is 0 Å². The Morgan fingerprint density at radius 3 is 2.88 bits per heavy atom. The van der Waals surface area contributed by atoms with Gasteiger partial charge in [0.05, 0.1) is 9.88 Å². The third-order valence-electron chi connectivity index (χ3n) is 2.36. The van der Waals surface area contributed by atoms with Crippen molar-refractivity contribution in [2.45, 2.75) is 13.8 Å². The molecule has 2 aromatic rings. The van der Waals surface area contributed by atoms with Crippen LogP contribution < -0.4 is 10.6 Å². The number of hydrogen-bond donors (Lipinski definition) is 1. The second-order valence-electron chi connectivity index (χ2n) is 3.57. The summed E-state index contributed by atoms with van der Waals surface area (Å²) in [6.07, 6.45) is 0. The highest BCUT2D eigenvalue weighted by Gasteiger charge is 2.15. The van der Waals surface area contributed by atoms with Gasteiger partial charge in [-0.2, -0.15) is 4.98 Å². The maximum absolute atomic E-state index is 5.73. The molecule has 0 aromatic carbocycles. The fraction of sp³-hybridized carbons (Fsp3) is 0.400. The molecule has 6 heteroatoms. The van der Waals surface area contributed by atoms with E-state index in [-0.39, 0.29) is 0 Å². The number of nitrogen functional groups attached to an aromatic ring is 1. The van der Waals surface area contributed by atoms with Crippen molar-refractivity contribution in [1.29, 1.82) is 0 Å². The van der Waals surface area contributed by atoms with Gasteiger partial charge in [-0.25, -0.2) is 0 Å². The Bertz CT molecular complexity index is 491. The minimum absolute atomic E-state index is 0.537. The number of hydrogen-bond acceptors (Lipinski definition) is 6. The van der Waals surface area contributed by atoms with Crippen molar-refractivity contribution in [3.05, 3.63) is 11.6 Å². The van der Waals surface area contributed by atoms with Crippen LogP contribution in [0.5, 0.6) is 0 Å². The SMILES string of the molecule is CCN(C)c1noc(-c2sc(N)cc2C)n1. The third kappa shape index (κ3) is 1.88. The Labute approximate surface area is 97.9 Å². The van der Waals surface area contributed by atoms with Gasteiger partial charge < -0.3 is 15.2 Å². The number of nitrogens with zero attached hydrogens (tertiary/aromatic N) is 3. The second-order valence-corrected chi connectivity index (χ2v) is 4.66. The van der Waals surface area contributed by atoms with Crippen LogP contribution in [0.25, 0.3) is 10.8 Å². The Balaban J connectivity index is 2.35. The molecule has 86 valence electrons. The molecule has 2 heterocycles. The fourth-order valence-corrected chi connectivity index (χ4v) is 2.19. The maximum atomic E-state index is 5.73. The van der Waals surface area contributed by atoms with Gasteiger partial charge in [0, 0.05) is 13.6 Å². The van der Waals surface area contributed by atoms with E-state index in [4.69, 9.17) is 10.3 Å². The normalized spacial score (nSPS) is 10.7. The van der Waals surface area contributed by atoms with Crippen LogP contribution in [0.2, 0.25) is 0 Å². The molecule has 0 radical (unpaired) electrons. The fourth-order valence-electron chi connectivity index (χ4n) is 1.32. The lowest BCUT2D eigenvalue weighted by atomic mass is 10.3. The average Bonchev–Trinajstić information content (AvgIpc) is 2.83. The minimum Gasteiger partial charge on any atom is -0.391 e. The molecular formula is C10H14N4OS. The van der Waals surface area contributed by atoms with Crippen molar-refractivity contribution in [3.8, 4) is 10.8 Å². The first-order valence-electron chi connectivity index (χ1n) is 5.03. The van der Waals surface area contributed by atoms with Gasteiger partial charge in [-0.1, -0.05) is 0 Å². The molecule has 0 amide bonds. The number of aryl methyl sites for hydroxylation is 1. The van der Waals surface area contributed by atoms with Crippen LogP contribution in [0, 0.1) is 6.92 Å². The molecule has 0 spiro atoms. The van der Waals surface area contributed by atoms with Gasteiger partial charge in [-0.3, -0.25) is 0 Å². The summed E-state index contributed by atoms with van der Waals surface area (Å²) in [5, 5.41) is 4.68. The predicted octanol–water partition coefficient (Wildman–Crippen LogP) is 2.14. The van der Waals surface area contributed by atoms with Crippen LogP contribution in [0.4, 0.5) is 10.9 Å². The molecule has 0 aliphatic rings. The molecule has 0 bridgehead atoms. The van der Waals surface area contributed by atoms with Crippen molar-refractivity contribution in [3.63, 3.8) is 0 Å². The van der Waals surface area contributed by atoms with Crippen LogP contribution in [0.1, 0.15) is 12.5 Å². The van der Waals surface area contributed by atoms with Gasteiger partial charge in [0.2, 0.25) is 0 Å². The Morgan fingerprint density at radius 2 is 2.31 bits per heavy atom. The van der Waals surface area contributed by atoms with Crippen LogP contribution in [0.15, 0.2) is 10.6 Å². The van der Waals surface area contributed by atoms with Crippen LogP contribution >= 0.6 is 11.3 Å². The van der Waals surface area contributed by atoms with E-state index in [2.05, 4.69) is 10.1 Å². The monoisotopic (exact) mass is 238 g/mol. The average molecular weight is 238 g/mol. The van der Waals surface area contributed by atoms with Gasteiger partial charge in [0.1, 0.15) is 0 Å². The van der Waals surface area contributed by atoms with Gasteiger partial charge >= 0.3 is 0 Å². The number of anilines is 2. The van der Waals surface area contributed by atoms with Gasteiger partial charge in [0.15, 0.2) is 0 Å². The number of nitrogens with two attached hydrogens (primary N) is 1. The molecule has 0 fully saturated rings. The number of thiophene rings is 1. The minimum atomic E-state index is 0.537. The highest BCUT2D eigenvalue weighted by atomic mass is 32.1. The molecule has 0 saturated carbocycles. The molecule has 0 saturated heterocycles. The first-order chi connectivity index (χ1) is 7.61. The zero-order valence-corrected chi connectivity index (χ0v) is 10.3. The van der Waals surface area contributed by atoms with E-state index in [1.165, 1.54) is 11.3 Å². The zero-order chi connectivity index (χ0) is 11.7. The molecule has 5 nitrogen and oxygen atoms in total. The van der Waals surface area contributed by atoms with Crippen molar-refractivity contribution < 1.29 is 4.52 Å². The lowest BCUT2D eigenvalue weighted by Gasteiger charge is -2.08. The first kappa shape index (κ1) is 10.9. The summed E-state index contributed by atoms with van der Waals surface area (Å²) in [4.78, 5) is 7.19. The van der Waals surface area contributed by atoms with Gasteiger partial charge in [-0.15, -0.1) is 11.3 Å². The molecule has 0 unspecified atom stereocenters. The summed E-state index contributed by atoms with van der Waals surface area (Å²) >= 11 is 1.46. The van der Waals surface area contributed by atoms with Crippen molar-refractivity contribution in [1.82, 2.24) is 10.1 Å². The topological polar surface area (TPSA) is 68.2 Å². The smallest absolute Gasteiger partial charge is 0.269 e. The lowest BCUT2D eigenvalue weighted by Crippen LogP contribution is -2.16. The molecule has 0 aliphatic heterocycles. The van der Waals surface area contributed by atoms with E-state index in [1.54, 1.807) is 0 Å². The molecular weight excluding hydrogens is 224 g/mol. The van der Waals surface area contributed by atoms with Crippen LogP contribution in [0.3, 0.4) is 0 Å². The van der Waals surface area contributed by atoms with Crippen molar-refractivity contribution in [2.75, 3.05) is 24.2 Å². The summed E-state index contributed by atoms with van der Waals surface area (Å²) in [6, 6.07) is 1.91. The highest BCUT2D eigenvalue weighted by molar-refractivity contribution is 7.19. The first-order valence-corrected chi connectivity index (χ1v) is 5.84. The molecule has 0 atom stereocenters. The zero-order valence-electron chi connectivity index (χ0n) is 9.52. The molecule has 0 aliphatic carbocycles. The lowest BCUT2D eigenvalue weighted by molar-refractivity contribution is 0.431. The molecule has 2 aromatic heterocycles. The Kier molecular flexibility index (Phi) is 2.82. The summed E-state index contributed by atoms with van der Waals surface area (Å²) in [5.41, 5.74) is 6.79. The third-order valence-corrected chi connectivity index (χ3v) is 3.42. The van der Waals surface area contributed by atoms with Gasteiger partial charge in [0.25, 0.3) is 11.8 Å². The molecule has 2 rings (SSSR count). The van der Waals surface area contributed by atoms with E-state index in [0.29, 0.717) is 11.8 Å². The van der Waals surface area contributed by atoms with Gasteiger partial charge in [-0.05, 0) is 30.6 Å². The van der Waals surface area contributed by atoms with Crippen molar-refractivity contribution in [2.24, 2.45) is 0 Å². The quantitative estimate of drug-likeness (QED) is 0.887. The number of aromatic nitrogens is 2. The molecule has 16 heavy (non-hydrogen) atoms. The van der Waals surface area contributed by atoms with E-state index >= 15 is 0 Å². The van der Waals surface area contributed by atoms with E-state index < -0.39 is 0 Å². The highest BCUT2D eigenvalue weighted by Crippen LogP contribution is 2.33. The maximum Gasteiger partial charge on any atom is 0.269 e. The van der Waals surface area contributed by atoms with E-state index in [0.717, 1.165) is 22.0 Å². The van der Waals surface area contributed by atoms with Crippen molar-refractivity contribution >= 4 is 22.3 Å².